The summed E-state index contributed by atoms with van der Waals surface area (Å²) in [5.74, 6) is -0.754. The number of carbonyl (C=O) groups is 2. The van der Waals surface area contributed by atoms with Crippen molar-refractivity contribution in [2.24, 2.45) is 0 Å². The van der Waals surface area contributed by atoms with Crippen LogP contribution in [0.15, 0.2) is 29.0 Å². The highest BCUT2D eigenvalue weighted by atomic mass is 32.1. The first kappa shape index (κ1) is 16.0. The summed E-state index contributed by atoms with van der Waals surface area (Å²) in [6, 6.07) is 5.71. The van der Waals surface area contributed by atoms with Crippen molar-refractivity contribution in [1.29, 1.82) is 0 Å². The normalized spacial score (nSPS) is 10.7. The van der Waals surface area contributed by atoms with Crippen molar-refractivity contribution in [2.45, 2.75) is 13.8 Å². The molecule has 118 valence electrons. The van der Waals surface area contributed by atoms with E-state index >= 15 is 0 Å². The average Bonchev–Trinajstić information content (AvgIpc) is 3.24. The Balaban J connectivity index is 1.63. The topological polar surface area (TPSA) is 56.3 Å². The first-order valence-corrected chi connectivity index (χ1v) is 9.39. The molecule has 0 bridgehead atoms. The maximum Gasteiger partial charge on any atom is 0.358 e. The molecule has 0 aromatic carbocycles. The fourth-order valence-electron chi connectivity index (χ4n) is 2.07. The molecule has 4 nitrogen and oxygen atoms in total. The number of carbonyl (C=O) groups excluding carboxylic acids is 2. The number of hydrogen-bond acceptors (Lipinski definition) is 7. The number of hydrogen-bond donors (Lipinski definition) is 0. The van der Waals surface area contributed by atoms with Gasteiger partial charge in [0.05, 0.1) is 4.88 Å². The minimum Gasteiger partial charge on any atom is -0.453 e. The highest BCUT2D eigenvalue weighted by Crippen LogP contribution is 2.28. The van der Waals surface area contributed by atoms with Gasteiger partial charge in [-0.25, -0.2) is 9.78 Å². The van der Waals surface area contributed by atoms with Gasteiger partial charge in [-0.05, 0) is 31.4 Å². The van der Waals surface area contributed by atoms with E-state index in [9.17, 15) is 9.59 Å². The molecular formula is C16H13NO3S3. The maximum atomic E-state index is 12.1. The first-order valence-electron chi connectivity index (χ1n) is 6.81. The van der Waals surface area contributed by atoms with E-state index in [2.05, 4.69) is 4.98 Å². The highest BCUT2D eigenvalue weighted by Gasteiger charge is 2.17. The third kappa shape index (κ3) is 3.57. The van der Waals surface area contributed by atoms with E-state index in [1.54, 1.807) is 28.1 Å². The molecule has 3 rings (SSSR count). The number of ketones is 1. The van der Waals surface area contributed by atoms with Gasteiger partial charge in [-0.3, -0.25) is 4.79 Å². The fraction of sp³-hybridized carbons (Fsp3) is 0.188. The van der Waals surface area contributed by atoms with Crippen molar-refractivity contribution in [3.8, 4) is 9.88 Å². The van der Waals surface area contributed by atoms with Gasteiger partial charge < -0.3 is 4.74 Å². The highest BCUT2D eigenvalue weighted by molar-refractivity contribution is 7.20. The lowest BCUT2D eigenvalue weighted by Crippen LogP contribution is -2.14. The lowest BCUT2D eigenvalue weighted by molar-refractivity contribution is 0.0470. The Bertz CT molecular complexity index is 846. The molecule has 0 amide bonds. The van der Waals surface area contributed by atoms with E-state index in [0.717, 1.165) is 19.6 Å². The summed E-state index contributed by atoms with van der Waals surface area (Å²) in [4.78, 5) is 31.4. The Hall–Kier alpha value is -1.83. The van der Waals surface area contributed by atoms with Gasteiger partial charge >= 0.3 is 5.97 Å². The van der Waals surface area contributed by atoms with Crippen LogP contribution in [0.5, 0.6) is 0 Å². The Morgan fingerprint density at radius 2 is 2.09 bits per heavy atom. The lowest BCUT2D eigenvalue weighted by Gasteiger charge is -2.02. The summed E-state index contributed by atoms with van der Waals surface area (Å²) in [6.07, 6.45) is 0. The molecule has 0 radical (unpaired) electrons. The molecule has 0 N–H and O–H groups in total. The van der Waals surface area contributed by atoms with Crippen LogP contribution in [0.1, 0.15) is 30.6 Å². The summed E-state index contributed by atoms with van der Waals surface area (Å²) in [6.45, 7) is 3.57. The number of ether oxygens (including phenoxy) is 1. The van der Waals surface area contributed by atoms with Crippen LogP contribution in [0.4, 0.5) is 0 Å². The van der Waals surface area contributed by atoms with Gasteiger partial charge in [0, 0.05) is 20.7 Å². The van der Waals surface area contributed by atoms with E-state index in [1.807, 2.05) is 37.4 Å². The van der Waals surface area contributed by atoms with Crippen molar-refractivity contribution in [3.05, 3.63) is 50.0 Å². The number of nitrogens with zero attached hydrogens (tertiary/aromatic N) is 1. The van der Waals surface area contributed by atoms with Gasteiger partial charge in [0.2, 0.25) is 5.78 Å². The quantitative estimate of drug-likeness (QED) is 0.491. The molecule has 3 heterocycles. The second-order valence-electron chi connectivity index (χ2n) is 4.84. The molecule has 0 unspecified atom stereocenters. The van der Waals surface area contributed by atoms with Crippen LogP contribution in [0.2, 0.25) is 0 Å². The van der Waals surface area contributed by atoms with Crippen LogP contribution >= 0.6 is 34.0 Å². The Kier molecular flexibility index (Phi) is 4.70. The fourth-order valence-corrected chi connectivity index (χ4v) is 4.62. The molecule has 0 aliphatic carbocycles. The van der Waals surface area contributed by atoms with Crippen LogP contribution in [-0.2, 0) is 4.74 Å². The standard InChI is InChI=1S/C16H13NO3S3/c1-9-6-11(10(2)23-9)13(18)7-20-16(19)12-8-22-15(17-12)14-4-3-5-21-14/h3-6,8H,7H2,1-2H3. The van der Waals surface area contributed by atoms with Gasteiger partial charge in [-0.15, -0.1) is 34.0 Å². The van der Waals surface area contributed by atoms with Gasteiger partial charge in [0.1, 0.15) is 5.01 Å². The summed E-state index contributed by atoms with van der Waals surface area (Å²) in [5.41, 5.74) is 0.863. The smallest absolute Gasteiger partial charge is 0.358 e. The van der Waals surface area contributed by atoms with Crippen molar-refractivity contribution in [3.63, 3.8) is 0 Å². The van der Waals surface area contributed by atoms with Crippen molar-refractivity contribution >= 4 is 45.8 Å². The summed E-state index contributed by atoms with van der Waals surface area (Å²) in [7, 11) is 0. The number of aryl methyl sites for hydroxylation is 2. The minimum atomic E-state index is -0.568. The van der Waals surface area contributed by atoms with Gasteiger partial charge in [-0.1, -0.05) is 6.07 Å². The summed E-state index contributed by atoms with van der Waals surface area (Å²) >= 11 is 4.51. The summed E-state index contributed by atoms with van der Waals surface area (Å²) in [5, 5.41) is 4.39. The molecule has 0 atom stereocenters. The van der Waals surface area contributed by atoms with E-state index in [4.69, 9.17) is 4.74 Å². The number of thiophene rings is 2. The molecular weight excluding hydrogens is 350 g/mol. The molecule has 3 aromatic heterocycles. The molecule has 7 heteroatoms. The molecule has 3 aromatic rings. The third-order valence-corrected chi connectivity index (χ3v) is 5.97. The second kappa shape index (κ2) is 6.74. The van der Waals surface area contributed by atoms with Crippen LogP contribution in [0, 0.1) is 13.8 Å². The molecule has 0 saturated heterocycles. The summed E-state index contributed by atoms with van der Waals surface area (Å²) < 4.78 is 5.10. The predicted molar refractivity (Wildman–Crippen MR) is 93.8 cm³/mol. The molecule has 0 saturated carbocycles. The number of Topliss-reactive ketones (excluding diaryl/α,β-unsaturated/α-hetero) is 1. The third-order valence-electron chi connectivity index (χ3n) is 3.12. The van der Waals surface area contributed by atoms with E-state index in [1.165, 1.54) is 11.3 Å². The van der Waals surface area contributed by atoms with E-state index in [-0.39, 0.29) is 18.1 Å². The minimum absolute atomic E-state index is 0.186. The Morgan fingerprint density at radius 3 is 2.74 bits per heavy atom. The van der Waals surface area contributed by atoms with Gasteiger partial charge in [0.15, 0.2) is 12.3 Å². The van der Waals surface area contributed by atoms with E-state index < -0.39 is 5.97 Å². The van der Waals surface area contributed by atoms with Gasteiger partial charge in [-0.2, -0.15) is 0 Å². The SMILES string of the molecule is Cc1cc(C(=O)COC(=O)c2csc(-c3cccs3)n2)c(C)s1. The van der Waals surface area contributed by atoms with E-state index in [0.29, 0.717) is 5.56 Å². The average molecular weight is 363 g/mol. The molecule has 23 heavy (non-hydrogen) atoms. The van der Waals surface area contributed by atoms with Crippen LogP contribution in [-0.4, -0.2) is 23.3 Å². The van der Waals surface area contributed by atoms with Crippen LogP contribution in [0.3, 0.4) is 0 Å². The van der Waals surface area contributed by atoms with Crippen molar-refractivity contribution in [1.82, 2.24) is 4.98 Å². The molecule has 0 fully saturated rings. The van der Waals surface area contributed by atoms with Crippen LogP contribution in [0.25, 0.3) is 9.88 Å². The number of aromatic nitrogens is 1. The monoisotopic (exact) mass is 363 g/mol. The number of rotatable bonds is 5. The van der Waals surface area contributed by atoms with Crippen molar-refractivity contribution < 1.29 is 14.3 Å². The van der Waals surface area contributed by atoms with Crippen LogP contribution < -0.4 is 0 Å². The van der Waals surface area contributed by atoms with Crippen molar-refractivity contribution in [2.75, 3.05) is 6.61 Å². The largest absolute Gasteiger partial charge is 0.453 e. The zero-order valence-corrected chi connectivity index (χ0v) is 14.9. The molecule has 0 aliphatic heterocycles. The Morgan fingerprint density at radius 1 is 1.26 bits per heavy atom. The maximum absolute atomic E-state index is 12.1. The number of esters is 1. The lowest BCUT2D eigenvalue weighted by atomic mass is 10.2. The Labute approximate surface area is 145 Å². The number of thiazole rings is 1. The molecule has 0 spiro atoms. The van der Waals surface area contributed by atoms with Gasteiger partial charge in [0.25, 0.3) is 0 Å². The second-order valence-corrected chi connectivity index (χ2v) is 8.11. The predicted octanol–water partition coefficient (Wildman–Crippen LogP) is 4.59. The zero-order valence-electron chi connectivity index (χ0n) is 12.5. The molecule has 0 aliphatic rings. The zero-order chi connectivity index (χ0) is 16.4. The first-order chi connectivity index (χ1) is 11.0.